The predicted octanol–water partition coefficient (Wildman–Crippen LogP) is -1.49. The van der Waals surface area contributed by atoms with Gasteiger partial charge in [-0.3, -0.25) is 0 Å². The van der Waals surface area contributed by atoms with E-state index in [0.717, 1.165) is 13.8 Å². The summed E-state index contributed by atoms with van der Waals surface area (Å²) in [6.07, 6.45) is -2.66. The summed E-state index contributed by atoms with van der Waals surface area (Å²) in [6.45, 7) is 4.64. The highest BCUT2D eigenvalue weighted by Crippen LogP contribution is 2.45. The number of rotatable bonds is 0. The van der Waals surface area contributed by atoms with Crippen molar-refractivity contribution in [3.05, 3.63) is 0 Å². The summed E-state index contributed by atoms with van der Waals surface area (Å²) in [5, 5.41) is 61.2. The van der Waals surface area contributed by atoms with Gasteiger partial charge < -0.3 is 30.6 Å². The third-order valence-electron chi connectivity index (χ3n) is 4.93. The first-order valence-corrected chi connectivity index (χ1v) is 6.05. The zero-order valence-electron chi connectivity index (χ0n) is 11.3. The Morgan fingerprint density at radius 2 is 0.889 bits per heavy atom. The molecule has 6 heteroatoms. The van der Waals surface area contributed by atoms with E-state index in [2.05, 4.69) is 0 Å². The average Bonchev–Trinajstić information content (AvgIpc) is 2.22. The maximum atomic E-state index is 10.4. The van der Waals surface area contributed by atoms with E-state index in [1.165, 1.54) is 13.8 Å². The normalized spacial score (nSPS) is 59.0. The van der Waals surface area contributed by atoms with E-state index in [0.29, 0.717) is 0 Å². The van der Waals surface area contributed by atoms with Crippen molar-refractivity contribution in [2.75, 3.05) is 0 Å². The topological polar surface area (TPSA) is 121 Å². The Balaban J connectivity index is 3.40. The third-order valence-corrected chi connectivity index (χ3v) is 4.93. The van der Waals surface area contributed by atoms with Crippen LogP contribution in [0.2, 0.25) is 0 Å². The van der Waals surface area contributed by atoms with Crippen molar-refractivity contribution >= 4 is 0 Å². The fourth-order valence-corrected chi connectivity index (χ4v) is 2.51. The third kappa shape index (κ3) is 1.79. The van der Waals surface area contributed by atoms with Crippen LogP contribution in [-0.4, -0.2) is 65.3 Å². The van der Waals surface area contributed by atoms with Crippen LogP contribution < -0.4 is 0 Å². The van der Waals surface area contributed by atoms with Crippen LogP contribution in [0.15, 0.2) is 0 Å². The molecule has 0 heterocycles. The Kier molecular flexibility index (Phi) is 3.63. The maximum absolute atomic E-state index is 10.4. The molecular weight excluding hydrogens is 240 g/mol. The van der Waals surface area contributed by atoms with Gasteiger partial charge in [-0.2, -0.15) is 0 Å². The maximum Gasteiger partial charge on any atom is 0.124 e. The molecule has 0 aromatic rings. The summed E-state index contributed by atoms with van der Waals surface area (Å²) in [4.78, 5) is 0. The van der Waals surface area contributed by atoms with Gasteiger partial charge in [-0.1, -0.05) is 0 Å². The van der Waals surface area contributed by atoms with Crippen LogP contribution in [0.1, 0.15) is 40.5 Å². The largest absolute Gasteiger partial charge is 0.390 e. The standard InChI is InChI=1S/C12H24O6/c1-9(15)7(13)5-6-8(14)10(2,16)12(4,18)11(9,3)17/h7-8,13-18H,5-6H2,1-4H3. The molecule has 0 aliphatic heterocycles. The Bertz CT molecular complexity index is 289. The Labute approximate surface area is 107 Å². The first-order chi connectivity index (χ1) is 7.80. The molecule has 1 saturated carbocycles. The number of hydrogen-bond donors (Lipinski definition) is 6. The molecule has 0 aromatic heterocycles. The predicted molar refractivity (Wildman–Crippen MR) is 63.7 cm³/mol. The van der Waals surface area contributed by atoms with Crippen LogP contribution >= 0.6 is 0 Å². The fourth-order valence-electron chi connectivity index (χ4n) is 2.51. The van der Waals surface area contributed by atoms with E-state index in [9.17, 15) is 30.6 Å². The molecular formula is C12H24O6. The van der Waals surface area contributed by atoms with Gasteiger partial charge in [0.25, 0.3) is 0 Å². The lowest BCUT2D eigenvalue weighted by Crippen LogP contribution is -2.77. The number of aliphatic hydroxyl groups excluding tert-OH is 2. The van der Waals surface area contributed by atoms with E-state index in [4.69, 9.17) is 0 Å². The molecule has 1 rings (SSSR count). The van der Waals surface area contributed by atoms with Gasteiger partial charge in [0.1, 0.15) is 22.4 Å². The molecule has 1 fully saturated rings. The molecule has 6 nitrogen and oxygen atoms in total. The molecule has 6 N–H and O–H groups in total. The van der Waals surface area contributed by atoms with Crippen LogP contribution in [0.3, 0.4) is 0 Å². The molecule has 0 amide bonds. The van der Waals surface area contributed by atoms with Gasteiger partial charge in [-0.15, -0.1) is 0 Å². The monoisotopic (exact) mass is 264 g/mol. The minimum Gasteiger partial charge on any atom is -0.390 e. The van der Waals surface area contributed by atoms with Gasteiger partial charge >= 0.3 is 0 Å². The minimum absolute atomic E-state index is 0.00343. The van der Waals surface area contributed by atoms with Gasteiger partial charge in [0.15, 0.2) is 0 Å². The van der Waals surface area contributed by atoms with Crippen molar-refractivity contribution in [2.45, 2.75) is 75.1 Å². The first-order valence-electron chi connectivity index (χ1n) is 6.05. The minimum atomic E-state index is -2.22. The van der Waals surface area contributed by atoms with Crippen LogP contribution in [0.25, 0.3) is 0 Å². The molecule has 1 aliphatic rings. The number of hydrogen-bond acceptors (Lipinski definition) is 6. The Morgan fingerprint density at radius 1 is 0.667 bits per heavy atom. The summed E-state index contributed by atoms with van der Waals surface area (Å²) in [5.41, 5.74) is -8.49. The number of aliphatic hydroxyl groups is 6. The molecule has 0 spiro atoms. The van der Waals surface area contributed by atoms with E-state index in [1.807, 2.05) is 0 Å². The lowest BCUT2D eigenvalue weighted by Gasteiger charge is -2.57. The Hall–Kier alpha value is -0.240. The van der Waals surface area contributed by atoms with Crippen molar-refractivity contribution in [1.82, 2.24) is 0 Å². The summed E-state index contributed by atoms with van der Waals surface area (Å²) in [6, 6.07) is 0. The van der Waals surface area contributed by atoms with Crippen molar-refractivity contribution in [3.8, 4) is 0 Å². The SMILES string of the molecule is CC1(O)C(O)CCC(O)C(C)(O)C(C)(O)C1(C)O. The zero-order valence-corrected chi connectivity index (χ0v) is 11.3. The second-order valence-corrected chi connectivity index (χ2v) is 6.05. The second-order valence-electron chi connectivity index (χ2n) is 6.05. The van der Waals surface area contributed by atoms with Gasteiger partial charge in [0.2, 0.25) is 0 Å². The highest BCUT2D eigenvalue weighted by molar-refractivity contribution is 5.18. The van der Waals surface area contributed by atoms with E-state index < -0.39 is 34.6 Å². The highest BCUT2D eigenvalue weighted by atomic mass is 16.4. The lowest BCUT2D eigenvalue weighted by molar-refractivity contribution is -0.320. The summed E-state index contributed by atoms with van der Waals surface area (Å²) in [7, 11) is 0. The molecule has 6 unspecified atom stereocenters. The summed E-state index contributed by atoms with van der Waals surface area (Å²) >= 11 is 0. The van der Waals surface area contributed by atoms with Crippen LogP contribution in [0, 0.1) is 0 Å². The lowest BCUT2D eigenvalue weighted by atomic mass is 9.60. The van der Waals surface area contributed by atoms with Crippen molar-refractivity contribution in [2.24, 2.45) is 0 Å². The van der Waals surface area contributed by atoms with Gasteiger partial charge in [-0.05, 0) is 40.5 Å². The van der Waals surface area contributed by atoms with Crippen LogP contribution in [-0.2, 0) is 0 Å². The first kappa shape index (κ1) is 15.8. The van der Waals surface area contributed by atoms with Gasteiger partial charge in [0.05, 0.1) is 12.2 Å². The van der Waals surface area contributed by atoms with E-state index >= 15 is 0 Å². The van der Waals surface area contributed by atoms with Crippen molar-refractivity contribution < 1.29 is 30.6 Å². The molecule has 108 valence electrons. The molecule has 0 radical (unpaired) electrons. The molecule has 0 aromatic carbocycles. The summed E-state index contributed by atoms with van der Waals surface area (Å²) < 4.78 is 0. The molecule has 6 atom stereocenters. The van der Waals surface area contributed by atoms with E-state index in [1.54, 1.807) is 0 Å². The van der Waals surface area contributed by atoms with Crippen molar-refractivity contribution in [1.29, 1.82) is 0 Å². The zero-order chi connectivity index (χ0) is 14.6. The van der Waals surface area contributed by atoms with Gasteiger partial charge in [-0.25, -0.2) is 0 Å². The quantitative estimate of drug-likeness (QED) is 0.317. The smallest absolute Gasteiger partial charge is 0.124 e. The van der Waals surface area contributed by atoms with Crippen LogP contribution in [0.4, 0.5) is 0 Å². The molecule has 0 saturated heterocycles. The fraction of sp³-hybridized carbons (Fsp3) is 1.00. The molecule has 18 heavy (non-hydrogen) atoms. The van der Waals surface area contributed by atoms with Crippen molar-refractivity contribution in [3.63, 3.8) is 0 Å². The average molecular weight is 264 g/mol. The highest BCUT2D eigenvalue weighted by Gasteiger charge is 2.66. The van der Waals surface area contributed by atoms with E-state index in [-0.39, 0.29) is 12.8 Å². The Morgan fingerprint density at radius 3 is 1.11 bits per heavy atom. The van der Waals surface area contributed by atoms with Gasteiger partial charge in [0, 0.05) is 0 Å². The molecule has 1 aliphatic carbocycles. The van der Waals surface area contributed by atoms with Crippen LogP contribution in [0.5, 0.6) is 0 Å². The molecule has 0 bridgehead atoms. The summed E-state index contributed by atoms with van der Waals surface area (Å²) in [5.74, 6) is 0. The second kappa shape index (κ2) is 4.13.